The highest BCUT2D eigenvalue weighted by molar-refractivity contribution is 7.17. The summed E-state index contributed by atoms with van der Waals surface area (Å²) in [4.78, 5) is 9.90. The Bertz CT molecular complexity index is 1040. The maximum absolute atomic E-state index is 4.49. The molecule has 7 heteroatoms. The van der Waals surface area contributed by atoms with Crippen molar-refractivity contribution in [3.63, 3.8) is 0 Å². The van der Waals surface area contributed by atoms with Gasteiger partial charge >= 0.3 is 0 Å². The van der Waals surface area contributed by atoms with Crippen molar-refractivity contribution in [2.75, 3.05) is 5.32 Å². The first-order chi connectivity index (χ1) is 12.4. The molecule has 0 atom stereocenters. The van der Waals surface area contributed by atoms with E-state index in [0.29, 0.717) is 6.54 Å². The molecule has 124 valence electrons. The molecule has 0 radical (unpaired) electrons. The van der Waals surface area contributed by atoms with Crippen molar-refractivity contribution >= 4 is 27.4 Å². The van der Waals surface area contributed by atoms with Gasteiger partial charge in [-0.05, 0) is 12.0 Å². The van der Waals surface area contributed by atoms with Crippen LogP contribution in [0.1, 0.15) is 18.1 Å². The normalized spacial score (nSPS) is 13.3. The highest BCUT2D eigenvalue weighted by Crippen LogP contribution is 2.36. The lowest BCUT2D eigenvalue weighted by Gasteiger charge is -2.08. The average Bonchev–Trinajstić information content (AvgIpc) is 3.36. The standard InChI is InChI=1S/C18H16N6S/c1-2-5-12(6-3-1)13-10-25-18-16(13)17(20-11-21-18)19-9-15-23-22-14-7-4-8-24(14)15/h1-3,5-6,10-11H,4,7-9H2,(H,19,20,21). The lowest BCUT2D eigenvalue weighted by Crippen LogP contribution is -2.08. The molecular weight excluding hydrogens is 332 g/mol. The summed E-state index contributed by atoms with van der Waals surface area (Å²) in [6, 6.07) is 10.4. The van der Waals surface area contributed by atoms with E-state index in [0.717, 1.165) is 52.6 Å². The van der Waals surface area contributed by atoms with Crippen LogP contribution in [-0.4, -0.2) is 24.7 Å². The van der Waals surface area contributed by atoms with Gasteiger partial charge in [-0.2, -0.15) is 0 Å². The van der Waals surface area contributed by atoms with Crippen molar-refractivity contribution in [3.05, 3.63) is 53.7 Å². The van der Waals surface area contributed by atoms with Crippen molar-refractivity contribution in [2.24, 2.45) is 0 Å². The van der Waals surface area contributed by atoms with Crippen LogP contribution in [0, 0.1) is 0 Å². The van der Waals surface area contributed by atoms with Gasteiger partial charge in [-0.3, -0.25) is 0 Å². The number of anilines is 1. The number of nitrogens with zero attached hydrogens (tertiary/aromatic N) is 5. The summed E-state index contributed by atoms with van der Waals surface area (Å²) in [6.45, 7) is 1.62. The Labute approximate surface area is 148 Å². The molecule has 0 aliphatic carbocycles. The van der Waals surface area contributed by atoms with Gasteiger partial charge in [0.15, 0.2) is 5.82 Å². The first-order valence-electron chi connectivity index (χ1n) is 8.32. The van der Waals surface area contributed by atoms with E-state index in [2.05, 4.69) is 59.7 Å². The Morgan fingerprint density at radius 2 is 2.04 bits per heavy atom. The van der Waals surface area contributed by atoms with Crippen LogP contribution in [0.5, 0.6) is 0 Å². The van der Waals surface area contributed by atoms with E-state index in [-0.39, 0.29) is 0 Å². The molecule has 1 aliphatic rings. The fourth-order valence-corrected chi connectivity index (χ4v) is 4.26. The van der Waals surface area contributed by atoms with Gasteiger partial charge in [-0.1, -0.05) is 30.3 Å². The average molecular weight is 348 g/mol. The summed E-state index contributed by atoms with van der Waals surface area (Å²) in [5.41, 5.74) is 2.34. The molecule has 0 saturated carbocycles. The molecule has 4 aromatic rings. The second kappa shape index (κ2) is 5.93. The third-order valence-corrected chi connectivity index (χ3v) is 5.44. The topological polar surface area (TPSA) is 68.5 Å². The van der Waals surface area contributed by atoms with Gasteiger partial charge in [0.05, 0.1) is 11.9 Å². The molecule has 0 bridgehead atoms. The van der Waals surface area contributed by atoms with E-state index in [1.54, 1.807) is 17.7 Å². The van der Waals surface area contributed by atoms with Crippen LogP contribution >= 0.6 is 11.3 Å². The maximum atomic E-state index is 4.49. The van der Waals surface area contributed by atoms with Gasteiger partial charge < -0.3 is 9.88 Å². The van der Waals surface area contributed by atoms with E-state index >= 15 is 0 Å². The van der Waals surface area contributed by atoms with Crippen LogP contribution in [0.15, 0.2) is 42.0 Å². The molecule has 0 fully saturated rings. The quantitative estimate of drug-likeness (QED) is 0.611. The van der Waals surface area contributed by atoms with Crippen molar-refractivity contribution in [3.8, 4) is 11.1 Å². The van der Waals surface area contributed by atoms with Crippen molar-refractivity contribution in [1.82, 2.24) is 24.7 Å². The minimum absolute atomic E-state index is 0.614. The first-order valence-corrected chi connectivity index (χ1v) is 9.20. The van der Waals surface area contributed by atoms with Crippen LogP contribution in [0.2, 0.25) is 0 Å². The number of thiophene rings is 1. The molecule has 5 rings (SSSR count). The highest BCUT2D eigenvalue weighted by Gasteiger charge is 2.18. The van der Waals surface area contributed by atoms with Gasteiger partial charge in [-0.15, -0.1) is 21.5 Å². The van der Waals surface area contributed by atoms with Gasteiger partial charge in [0, 0.05) is 23.9 Å². The molecule has 0 saturated heterocycles. The Morgan fingerprint density at radius 1 is 1.12 bits per heavy atom. The zero-order valence-electron chi connectivity index (χ0n) is 13.5. The first kappa shape index (κ1) is 14.5. The molecule has 6 nitrogen and oxygen atoms in total. The highest BCUT2D eigenvalue weighted by atomic mass is 32.1. The summed E-state index contributed by atoms with van der Waals surface area (Å²) in [5, 5.41) is 15.2. The van der Waals surface area contributed by atoms with Gasteiger partial charge in [-0.25, -0.2) is 9.97 Å². The second-order valence-electron chi connectivity index (χ2n) is 6.06. The number of fused-ring (bicyclic) bond motifs is 2. The summed E-state index contributed by atoms with van der Waals surface area (Å²) in [5.74, 6) is 2.90. The molecular formula is C18H16N6S. The molecule has 25 heavy (non-hydrogen) atoms. The fourth-order valence-electron chi connectivity index (χ4n) is 3.34. The van der Waals surface area contributed by atoms with Crippen LogP contribution in [0.25, 0.3) is 21.3 Å². The van der Waals surface area contributed by atoms with Crippen LogP contribution in [0.4, 0.5) is 5.82 Å². The molecule has 3 aromatic heterocycles. The smallest absolute Gasteiger partial charge is 0.152 e. The molecule has 1 aromatic carbocycles. The zero-order valence-corrected chi connectivity index (χ0v) is 14.3. The summed E-state index contributed by atoms with van der Waals surface area (Å²) < 4.78 is 2.21. The summed E-state index contributed by atoms with van der Waals surface area (Å²) >= 11 is 1.64. The Kier molecular flexibility index (Phi) is 3.45. The predicted molar refractivity (Wildman–Crippen MR) is 98.5 cm³/mol. The molecule has 0 amide bonds. The largest absolute Gasteiger partial charge is 0.362 e. The number of nitrogens with one attached hydrogen (secondary N) is 1. The van der Waals surface area contributed by atoms with Gasteiger partial charge in [0.1, 0.15) is 22.8 Å². The molecule has 1 aliphatic heterocycles. The summed E-state index contributed by atoms with van der Waals surface area (Å²) in [7, 11) is 0. The third kappa shape index (κ3) is 2.47. The van der Waals surface area contributed by atoms with Crippen LogP contribution in [-0.2, 0) is 19.5 Å². The van der Waals surface area contributed by atoms with Gasteiger partial charge in [0.2, 0.25) is 0 Å². The molecule has 0 spiro atoms. The van der Waals surface area contributed by atoms with Crippen LogP contribution in [0.3, 0.4) is 0 Å². The second-order valence-corrected chi connectivity index (χ2v) is 6.92. The lowest BCUT2D eigenvalue weighted by molar-refractivity contribution is 0.695. The number of aromatic nitrogens is 5. The van der Waals surface area contributed by atoms with E-state index in [1.165, 1.54) is 5.56 Å². The number of aryl methyl sites for hydroxylation is 1. The number of hydrogen-bond acceptors (Lipinski definition) is 6. The number of hydrogen-bond donors (Lipinski definition) is 1. The minimum atomic E-state index is 0.614. The van der Waals surface area contributed by atoms with Crippen molar-refractivity contribution in [1.29, 1.82) is 0 Å². The fraction of sp³-hybridized carbons (Fsp3) is 0.222. The number of benzene rings is 1. The lowest BCUT2D eigenvalue weighted by atomic mass is 10.1. The van der Waals surface area contributed by atoms with E-state index in [9.17, 15) is 0 Å². The molecule has 1 N–H and O–H groups in total. The Hall–Kier alpha value is -2.80. The predicted octanol–water partition coefficient (Wildman–Crippen LogP) is 3.51. The van der Waals surface area contributed by atoms with Crippen LogP contribution < -0.4 is 5.32 Å². The third-order valence-electron chi connectivity index (χ3n) is 4.56. The Morgan fingerprint density at radius 3 is 2.96 bits per heavy atom. The maximum Gasteiger partial charge on any atom is 0.152 e. The minimum Gasteiger partial charge on any atom is -0.362 e. The molecule has 0 unspecified atom stereocenters. The van der Waals surface area contributed by atoms with E-state index < -0.39 is 0 Å². The molecule has 4 heterocycles. The summed E-state index contributed by atoms with van der Waals surface area (Å²) in [6.07, 6.45) is 3.79. The van der Waals surface area contributed by atoms with Crippen molar-refractivity contribution < 1.29 is 0 Å². The van der Waals surface area contributed by atoms with Crippen molar-refractivity contribution in [2.45, 2.75) is 25.9 Å². The zero-order chi connectivity index (χ0) is 16.6. The number of rotatable bonds is 4. The van der Waals surface area contributed by atoms with Gasteiger partial charge in [0.25, 0.3) is 0 Å². The SMILES string of the molecule is c1ccc(-c2csc3ncnc(NCc4nnc5n4CCC5)c23)cc1. The van der Waals surface area contributed by atoms with E-state index in [4.69, 9.17) is 0 Å². The Balaban J connectivity index is 1.51. The monoisotopic (exact) mass is 348 g/mol. The van der Waals surface area contributed by atoms with E-state index in [1.807, 2.05) is 6.07 Å².